The van der Waals surface area contributed by atoms with E-state index >= 15 is 0 Å². The molecule has 6 heteroatoms. The number of nitrogens with one attached hydrogen (secondary N) is 1. The van der Waals surface area contributed by atoms with E-state index in [1.54, 1.807) is 23.5 Å². The quantitative estimate of drug-likeness (QED) is 0.583. The van der Waals surface area contributed by atoms with Gasteiger partial charge >= 0.3 is 5.97 Å². The summed E-state index contributed by atoms with van der Waals surface area (Å²) in [7, 11) is 0. The molecule has 1 aromatic carbocycles. The van der Waals surface area contributed by atoms with Crippen molar-refractivity contribution in [2.75, 3.05) is 5.32 Å². The lowest BCUT2D eigenvalue weighted by Gasteiger charge is -2.13. The summed E-state index contributed by atoms with van der Waals surface area (Å²) < 4.78 is 5.13. The van der Waals surface area contributed by atoms with Crippen molar-refractivity contribution in [2.45, 2.75) is 46.6 Å². The number of ether oxygens (including phenoxy) is 1. The number of aryl methyl sites for hydroxylation is 3. The van der Waals surface area contributed by atoms with E-state index in [-0.39, 0.29) is 18.6 Å². The lowest BCUT2D eigenvalue weighted by atomic mass is 10.1. The van der Waals surface area contributed by atoms with Crippen molar-refractivity contribution in [3.63, 3.8) is 0 Å². The number of benzene rings is 1. The van der Waals surface area contributed by atoms with Crippen molar-refractivity contribution < 1.29 is 19.1 Å². The van der Waals surface area contributed by atoms with Gasteiger partial charge < -0.3 is 10.1 Å². The van der Waals surface area contributed by atoms with Crippen LogP contribution in [0.5, 0.6) is 0 Å². The predicted molar refractivity (Wildman–Crippen MR) is 103 cm³/mol. The molecule has 0 bridgehead atoms. The molecule has 0 aliphatic heterocycles. The maximum absolute atomic E-state index is 12.2. The first kappa shape index (κ1) is 19.8. The Bertz CT molecular complexity index is 808. The second kappa shape index (κ2) is 8.76. The van der Waals surface area contributed by atoms with Crippen LogP contribution in [-0.4, -0.2) is 23.8 Å². The van der Waals surface area contributed by atoms with Gasteiger partial charge in [-0.25, -0.2) is 0 Å². The predicted octanol–water partition coefficient (Wildman–Crippen LogP) is 4.21. The molecular weight excluding hydrogens is 350 g/mol. The highest BCUT2D eigenvalue weighted by atomic mass is 32.1. The molecule has 5 nitrogen and oxygen atoms in total. The number of carbonyl (C=O) groups is 3. The summed E-state index contributed by atoms with van der Waals surface area (Å²) in [4.78, 5) is 38.2. The molecule has 0 radical (unpaired) electrons. The summed E-state index contributed by atoms with van der Waals surface area (Å²) in [6.07, 6.45) is -0.902. The van der Waals surface area contributed by atoms with Crippen LogP contribution in [0.4, 0.5) is 5.69 Å². The first-order chi connectivity index (χ1) is 12.3. The minimum absolute atomic E-state index is 0.0463. The van der Waals surface area contributed by atoms with E-state index in [0.717, 1.165) is 15.3 Å². The van der Waals surface area contributed by atoms with E-state index in [4.69, 9.17) is 4.74 Å². The molecule has 1 amide bonds. The molecule has 0 saturated heterocycles. The van der Waals surface area contributed by atoms with Crippen LogP contribution in [0, 0.1) is 20.8 Å². The van der Waals surface area contributed by atoms with Gasteiger partial charge in [-0.2, -0.15) is 0 Å². The van der Waals surface area contributed by atoms with Crippen LogP contribution >= 0.6 is 11.3 Å². The Morgan fingerprint density at radius 1 is 1.08 bits per heavy atom. The molecule has 0 spiro atoms. The van der Waals surface area contributed by atoms with Gasteiger partial charge in [-0.3, -0.25) is 14.4 Å². The van der Waals surface area contributed by atoms with Gasteiger partial charge in [0.25, 0.3) is 5.91 Å². The Morgan fingerprint density at radius 2 is 1.73 bits per heavy atom. The molecule has 2 rings (SSSR count). The Morgan fingerprint density at radius 3 is 2.31 bits per heavy atom. The SMILES string of the molecule is Cc1ccc(NC(=O)[C@@H](C)OC(=O)CCC(=O)c2cc(C)sc2C)cc1. The molecule has 1 atom stereocenters. The van der Waals surface area contributed by atoms with Crippen molar-refractivity contribution in [3.8, 4) is 0 Å². The van der Waals surface area contributed by atoms with Gasteiger partial charge in [0.1, 0.15) is 0 Å². The van der Waals surface area contributed by atoms with E-state index in [2.05, 4.69) is 5.32 Å². The molecule has 1 aromatic heterocycles. The van der Waals surface area contributed by atoms with Crippen LogP contribution in [0.25, 0.3) is 0 Å². The van der Waals surface area contributed by atoms with E-state index in [1.807, 2.05) is 39.0 Å². The van der Waals surface area contributed by atoms with Gasteiger partial charge in [-0.15, -0.1) is 11.3 Å². The standard InChI is InChI=1S/C20H23NO4S/c1-12-5-7-16(8-6-12)21-20(24)14(3)25-19(23)10-9-18(22)17-11-13(2)26-15(17)4/h5-8,11,14H,9-10H2,1-4H3,(H,21,24)/t14-/m1/s1. The fourth-order valence-electron chi connectivity index (χ4n) is 2.45. The number of Topliss-reactive ketones (excluding diaryl/α,β-unsaturated/α-hetero) is 1. The lowest BCUT2D eigenvalue weighted by molar-refractivity contribution is -0.153. The van der Waals surface area contributed by atoms with E-state index in [1.165, 1.54) is 6.92 Å². The topological polar surface area (TPSA) is 72.5 Å². The second-order valence-electron chi connectivity index (χ2n) is 6.24. The number of hydrogen-bond donors (Lipinski definition) is 1. The number of thiophene rings is 1. The fraction of sp³-hybridized carbons (Fsp3) is 0.350. The fourth-order valence-corrected chi connectivity index (χ4v) is 3.39. The van der Waals surface area contributed by atoms with Gasteiger partial charge in [-0.1, -0.05) is 17.7 Å². The van der Waals surface area contributed by atoms with Crippen LogP contribution < -0.4 is 5.32 Å². The van der Waals surface area contributed by atoms with E-state index < -0.39 is 18.0 Å². The summed E-state index contributed by atoms with van der Waals surface area (Å²) >= 11 is 1.56. The molecule has 0 saturated carbocycles. The number of carbonyl (C=O) groups excluding carboxylic acids is 3. The van der Waals surface area contributed by atoms with Crippen molar-refractivity contribution in [1.82, 2.24) is 0 Å². The minimum Gasteiger partial charge on any atom is -0.453 e. The number of ketones is 1. The van der Waals surface area contributed by atoms with Crippen molar-refractivity contribution >= 4 is 34.7 Å². The number of esters is 1. The zero-order valence-corrected chi connectivity index (χ0v) is 16.2. The normalized spacial score (nSPS) is 11.7. The van der Waals surface area contributed by atoms with Gasteiger partial charge in [0, 0.05) is 27.4 Å². The number of anilines is 1. The third-order valence-corrected chi connectivity index (χ3v) is 4.86. The zero-order valence-electron chi connectivity index (χ0n) is 15.4. The Kier molecular flexibility index (Phi) is 6.69. The minimum atomic E-state index is -0.927. The molecular formula is C20H23NO4S. The Labute approximate surface area is 157 Å². The second-order valence-corrected chi connectivity index (χ2v) is 7.70. The smallest absolute Gasteiger partial charge is 0.307 e. The molecule has 0 unspecified atom stereocenters. The zero-order chi connectivity index (χ0) is 19.3. The monoisotopic (exact) mass is 373 g/mol. The third-order valence-electron chi connectivity index (χ3n) is 3.89. The molecule has 26 heavy (non-hydrogen) atoms. The molecule has 2 aromatic rings. The van der Waals surface area contributed by atoms with Crippen LogP contribution in [0.3, 0.4) is 0 Å². The number of amides is 1. The Hall–Kier alpha value is -2.47. The number of hydrogen-bond acceptors (Lipinski definition) is 5. The summed E-state index contributed by atoms with van der Waals surface area (Å²) in [5.74, 6) is -1.05. The molecule has 0 fully saturated rings. The van der Waals surface area contributed by atoms with Gasteiger partial charge in [0.05, 0.1) is 6.42 Å². The van der Waals surface area contributed by atoms with Crippen LogP contribution in [0.15, 0.2) is 30.3 Å². The van der Waals surface area contributed by atoms with Gasteiger partial charge in [0.15, 0.2) is 11.9 Å². The molecule has 0 aliphatic rings. The summed E-state index contributed by atoms with van der Waals surface area (Å²) in [6, 6.07) is 9.17. The maximum Gasteiger partial charge on any atom is 0.307 e. The average molecular weight is 373 g/mol. The summed E-state index contributed by atoms with van der Waals surface area (Å²) in [6.45, 7) is 7.30. The molecule has 138 valence electrons. The van der Waals surface area contributed by atoms with Crippen molar-refractivity contribution in [2.24, 2.45) is 0 Å². The summed E-state index contributed by atoms with van der Waals surface area (Å²) in [5.41, 5.74) is 2.38. The first-order valence-electron chi connectivity index (χ1n) is 8.43. The highest BCUT2D eigenvalue weighted by molar-refractivity contribution is 7.12. The van der Waals surface area contributed by atoms with Crippen molar-refractivity contribution in [3.05, 3.63) is 51.2 Å². The highest BCUT2D eigenvalue weighted by Crippen LogP contribution is 2.22. The van der Waals surface area contributed by atoms with Crippen molar-refractivity contribution in [1.29, 1.82) is 0 Å². The van der Waals surface area contributed by atoms with Crippen LogP contribution in [0.2, 0.25) is 0 Å². The van der Waals surface area contributed by atoms with Gasteiger partial charge in [-0.05, 0) is 45.9 Å². The van der Waals surface area contributed by atoms with Crippen LogP contribution in [0.1, 0.15) is 45.4 Å². The Balaban J connectivity index is 1.81. The summed E-state index contributed by atoms with van der Waals surface area (Å²) in [5, 5.41) is 2.69. The average Bonchev–Trinajstić information content (AvgIpc) is 2.93. The maximum atomic E-state index is 12.2. The van der Waals surface area contributed by atoms with Crippen LogP contribution in [-0.2, 0) is 14.3 Å². The van der Waals surface area contributed by atoms with E-state index in [0.29, 0.717) is 11.3 Å². The van der Waals surface area contributed by atoms with E-state index in [9.17, 15) is 14.4 Å². The highest BCUT2D eigenvalue weighted by Gasteiger charge is 2.19. The largest absolute Gasteiger partial charge is 0.453 e. The third kappa shape index (κ3) is 5.52. The molecule has 1 heterocycles. The molecule has 1 N–H and O–H groups in total. The lowest BCUT2D eigenvalue weighted by Crippen LogP contribution is -2.30. The van der Waals surface area contributed by atoms with Gasteiger partial charge in [0.2, 0.25) is 0 Å². The first-order valence-corrected chi connectivity index (χ1v) is 9.25. The molecule has 0 aliphatic carbocycles. The number of rotatable bonds is 7.